The molecule has 0 saturated heterocycles. The van der Waals surface area contributed by atoms with Gasteiger partial charge in [0.25, 0.3) is 0 Å². The van der Waals surface area contributed by atoms with Gasteiger partial charge in [0, 0.05) is 17.1 Å². The van der Waals surface area contributed by atoms with Crippen LogP contribution in [-0.4, -0.2) is 27.9 Å². The molecule has 0 aliphatic heterocycles. The van der Waals surface area contributed by atoms with Crippen molar-refractivity contribution in [1.82, 2.24) is 10.3 Å². The number of carbonyl (C=O) groups excluding carboxylic acids is 1. The third-order valence-electron chi connectivity index (χ3n) is 3.71. The normalized spacial score (nSPS) is 22.2. The van der Waals surface area contributed by atoms with Crippen LogP contribution < -0.4 is 5.32 Å². The molecule has 0 spiro atoms. The third-order valence-corrected chi connectivity index (χ3v) is 3.95. The van der Waals surface area contributed by atoms with Crippen molar-refractivity contribution in [2.45, 2.75) is 25.0 Å². The molecule has 4 nitrogen and oxygen atoms in total. The molecule has 1 aliphatic rings. The number of rotatable bonds is 2. The Hall–Kier alpha value is -1.52. The minimum Gasteiger partial charge on any atom is -0.386 e. The molecule has 3 rings (SSSR count). The Bertz CT molecular complexity index is 623. The topological polar surface area (TPSA) is 65.1 Å². The van der Waals surface area contributed by atoms with E-state index in [1.54, 1.807) is 0 Å². The number of halogens is 1. The largest absolute Gasteiger partial charge is 0.386 e. The van der Waals surface area contributed by atoms with E-state index >= 15 is 0 Å². The van der Waals surface area contributed by atoms with E-state index in [-0.39, 0.29) is 17.8 Å². The number of benzene rings is 1. The van der Waals surface area contributed by atoms with Crippen LogP contribution in [0.4, 0.5) is 0 Å². The average molecular weight is 279 g/mol. The van der Waals surface area contributed by atoms with E-state index in [0.29, 0.717) is 6.42 Å². The molecule has 0 bridgehead atoms. The Kier molecular flexibility index (Phi) is 3.21. The van der Waals surface area contributed by atoms with E-state index < -0.39 is 6.10 Å². The summed E-state index contributed by atoms with van der Waals surface area (Å²) in [7, 11) is 0. The van der Waals surface area contributed by atoms with Crippen molar-refractivity contribution in [2.24, 2.45) is 0 Å². The van der Waals surface area contributed by atoms with Gasteiger partial charge in [0.1, 0.15) is 5.88 Å². The van der Waals surface area contributed by atoms with Crippen LogP contribution in [0.15, 0.2) is 24.4 Å². The second kappa shape index (κ2) is 4.87. The van der Waals surface area contributed by atoms with Crippen molar-refractivity contribution in [2.75, 3.05) is 5.88 Å². The summed E-state index contributed by atoms with van der Waals surface area (Å²) in [4.78, 5) is 14.6. The number of carbonyl (C=O) groups is 1. The predicted molar refractivity (Wildman–Crippen MR) is 74.2 cm³/mol. The first-order chi connectivity index (χ1) is 9.20. The van der Waals surface area contributed by atoms with Crippen LogP contribution in [0, 0.1) is 0 Å². The summed E-state index contributed by atoms with van der Waals surface area (Å²) in [5, 5.41) is 14.4. The summed E-state index contributed by atoms with van der Waals surface area (Å²) in [5.41, 5.74) is 3.08. The zero-order chi connectivity index (χ0) is 13.4. The summed E-state index contributed by atoms with van der Waals surface area (Å²) in [6.07, 6.45) is 2.80. The van der Waals surface area contributed by atoms with Crippen molar-refractivity contribution in [1.29, 1.82) is 0 Å². The molecule has 5 heteroatoms. The van der Waals surface area contributed by atoms with Crippen molar-refractivity contribution >= 4 is 28.4 Å². The molecule has 1 aliphatic carbocycles. The molecule has 2 atom stereocenters. The molecule has 1 heterocycles. The molecule has 1 amide bonds. The molecule has 19 heavy (non-hydrogen) atoms. The molecular weight excluding hydrogens is 264 g/mol. The van der Waals surface area contributed by atoms with Crippen LogP contribution in [0.3, 0.4) is 0 Å². The van der Waals surface area contributed by atoms with E-state index in [1.807, 2.05) is 24.4 Å². The molecule has 3 N–H and O–H groups in total. The van der Waals surface area contributed by atoms with Crippen LogP contribution in [-0.2, 0) is 11.2 Å². The fourth-order valence-corrected chi connectivity index (χ4v) is 2.89. The highest BCUT2D eigenvalue weighted by Gasteiger charge is 2.28. The second-order valence-electron chi connectivity index (χ2n) is 4.87. The summed E-state index contributed by atoms with van der Waals surface area (Å²) >= 11 is 5.51. The van der Waals surface area contributed by atoms with Crippen LogP contribution in [0.5, 0.6) is 0 Å². The van der Waals surface area contributed by atoms with Gasteiger partial charge in [0.05, 0.1) is 12.1 Å². The SMILES string of the molecule is O=C(CCl)N[C@@H]1CCc2c[nH]c3cccc(c23)[C@H]1O. The lowest BCUT2D eigenvalue weighted by atomic mass is 9.99. The van der Waals surface area contributed by atoms with Gasteiger partial charge in [-0.15, -0.1) is 11.6 Å². The maximum absolute atomic E-state index is 11.4. The molecule has 1 aromatic heterocycles. The average Bonchev–Trinajstić information content (AvgIpc) is 2.79. The Morgan fingerprint density at radius 3 is 3.16 bits per heavy atom. The van der Waals surface area contributed by atoms with Gasteiger partial charge in [-0.2, -0.15) is 0 Å². The summed E-state index contributed by atoms with van der Waals surface area (Å²) in [5.74, 6) is -0.327. The molecular formula is C14H15ClN2O2. The van der Waals surface area contributed by atoms with E-state index in [1.165, 1.54) is 5.56 Å². The van der Waals surface area contributed by atoms with Crippen molar-refractivity contribution in [3.05, 3.63) is 35.5 Å². The highest BCUT2D eigenvalue weighted by Crippen LogP contribution is 2.34. The Morgan fingerprint density at radius 2 is 2.37 bits per heavy atom. The Labute approximate surface area is 115 Å². The van der Waals surface area contributed by atoms with Gasteiger partial charge in [-0.25, -0.2) is 0 Å². The van der Waals surface area contributed by atoms with Gasteiger partial charge >= 0.3 is 0 Å². The van der Waals surface area contributed by atoms with Crippen LogP contribution in [0.25, 0.3) is 10.9 Å². The van der Waals surface area contributed by atoms with Crippen molar-refractivity contribution in [3.63, 3.8) is 0 Å². The number of aromatic amines is 1. The predicted octanol–water partition coefficient (Wildman–Crippen LogP) is 1.87. The summed E-state index contributed by atoms with van der Waals surface area (Å²) in [6.45, 7) is 0. The zero-order valence-electron chi connectivity index (χ0n) is 10.3. The van der Waals surface area contributed by atoms with Crippen molar-refractivity contribution in [3.8, 4) is 0 Å². The molecule has 0 saturated carbocycles. The molecule has 2 aromatic rings. The van der Waals surface area contributed by atoms with Gasteiger partial charge < -0.3 is 15.4 Å². The van der Waals surface area contributed by atoms with Crippen molar-refractivity contribution < 1.29 is 9.90 Å². The first-order valence-corrected chi connectivity index (χ1v) is 6.86. The first kappa shape index (κ1) is 12.5. The number of H-pyrrole nitrogens is 1. The van der Waals surface area contributed by atoms with Gasteiger partial charge in [-0.3, -0.25) is 4.79 Å². The highest BCUT2D eigenvalue weighted by molar-refractivity contribution is 6.27. The summed E-state index contributed by atoms with van der Waals surface area (Å²) < 4.78 is 0. The maximum Gasteiger partial charge on any atom is 0.235 e. The standard InChI is InChI=1S/C14H15ClN2O2/c15-6-12(18)17-11-5-4-8-7-16-10-3-1-2-9(13(8)10)14(11)19/h1-3,7,11,14,16,19H,4-6H2,(H,17,18)/t11-,14-/m1/s1. The van der Waals surface area contributed by atoms with Gasteiger partial charge in [0.2, 0.25) is 5.91 Å². The monoisotopic (exact) mass is 278 g/mol. The lowest BCUT2D eigenvalue weighted by Crippen LogP contribution is -2.39. The molecule has 100 valence electrons. The highest BCUT2D eigenvalue weighted by atomic mass is 35.5. The first-order valence-electron chi connectivity index (χ1n) is 6.33. The minimum atomic E-state index is -0.701. The van der Waals surface area contributed by atoms with Crippen LogP contribution in [0.1, 0.15) is 23.7 Å². The number of aryl methyl sites for hydroxylation is 1. The molecule has 0 radical (unpaired) electrons. The van der Waals surface area contributed by atoms with Crippen LogP contribution in [0.2, 0.25) is 0 Å². The fourth-order valence-electron chi connectivity index (χ4n) is 2.81. The number of aliphatic hydroxyl groups is 1. The maximum atomic E-state index is 11.4. The number of alkyl halides is 1. The Balaban J connectivity index is 2.01. The fraction of sp³-hybridized carbons (Fsp3) is 0.357. The van der Waals surface area contributed by atoms with Gasteiger partial charge in [0.15, 0.2) is 0 Å². The van der Waals surface area contributed by atoms with Crippen LogP contribution >= 0.6 is 11.6 Å². The third kappa shape index (κ3) is 2.11. The summed E-state index contributed by atoms with van der Waals surface area (Å²) in [6, 6.07) is 5.53. The number of amides is 1. The molecule has 0 unspecified atom stereocenters. The van der Waals surface area contributed by atoms with Gasteiger partial charge in [-0.1, -0.05) is 12.1 Å². The number of hydrogen-bond acceptors (Lipinski definition) is 2. The zero-order valence-corrected chi connectivity index (χ0v) is 11.1. The lowest BCUT2D eigenvalue weighted by Gasteiger charge is -2.22. The molecule has 0 fully saturated rings. The van der Waals surface area contributed by atoms with E-state index in [2.05, 4.69) is 10.3 Å². The number of aromatic nitrogens is 1. The number of nitrogens with one attached hydrogen (secondary N) is 2. The second-order valence-corrected chi connectivity index (χ2v) is 5.14. The van der Waals surface area contributed by atoms with Gasteiger partial charge in [-0.05, 0) is 30.0 Å². The smallest absolute Gasteiger partial charge is 0.235 e. The number of aliphatic hydroxyl groups excluding tert-OH is 1. The quantitative estimate of drug-likeness (QED) is 0.734. The Morgan fingerprint density at radius 1 is 1.53 bits per heavy atom. The minimum absolute atomic E-state index is 0.0830. The van der Waals surface area contributed by atoms with E-state index in [9.17, 15) is 9.90 Å². The van der Waals surface area contributed by atoms with E-state index in [0.717, 1.165) is 22.9 Å². The number of hydrogen-bond donors (Lipinski definition) is 3. The lowest BCUT2D eigenvalue weighted by molar-refractivity contribution is -0.120. The van der Waals surface area contributed by atoms with E-state index in [4.69, 9.17) is 11.6 Å². The molecule has 1 aromatic carbocycles.